The number of aliphatic hydroxyl groups excluding tert-OH is 8. The van der Waals surface area contributed by atoms with Gasteiger partial charge in [0.2, 0.25) is 5.91 Å². The van der Waals surface area contributed by atoms with Gasteiger partial charge in [0.15, 0.2) is 12.6 Å². The van der Waals surface area contributed by atoms with E-state index < -0.39 is 129 Å². The molecule has 0 aromatic rings. The third-order valence-corrected chi connectivity index (χ3v) is 8.59. The maximum Gasteiger partial charge on any atom is 0.364 e. The van der Waals surface area contributed by atoms with Gasteiger partial charge in [-0.1, -0.05) is 6.92 Å². The normalized spacial score (nSPS) is 43.1. The minimum Gasteiger partial charge on any atom is -0.477 e. The third kappa shape index (κ3) is 8.63. The molecule has 18 nitrogen and oxygen atoms in total. The first-order valence-electron chi connectivity index (χ1n) is 14.9. The molecule has 3 rings (SSSR count). The fraction of sp³-hybridized carbons (Fsp3) is 0.926. The summed E-state index contributed by atoms with van der Waals surface area (Å²) in [4.78, 5) is 24.5. The first kappa shape index (κ1) is 39.1. The van der Waals surface area contributed by atoms with E-state index in [4.69, 9.17) is 40.0 Å². The Morgan fingerprint density at radius 3 is 2.15 bits per heavy atom. The van der Waals surface area contributed by atoms with Crippen molar-refractivity contribution in [3.8, 4) is 0 Å². The molecule has 3 aliphatic heterocycles. The van der Waals surface area contributed by atoms with Gasteiger partial charge in [0.1, 0.15) is 48.8 Å². The lowest BCUT2D eigenvalue weighted by atomic mass is 9.83. The number of carboxylic acids is 1. The number of carbonyl (C=O) groups excluding carboxylic acids is 1. The van der Waals surface area contributed by atoms with E-state index in [1.807, 2.05) is 0 Å². The molecule has 5 unspecified atom stereocenters. The van der Waals surface area contributed by atoms with Gasteiger partial charge in [0.05, 0.1) is 44.2 Å². The van der Waals surface area contributed by atoms with Crippen LogP contribution in [0.5, 0.6) is 0 Å². The number of carbonyl (C=O) groups is 2. The van der Waals surface area contributed by atoms with Gasteiger partial charge in [-0.25, -0.2) is 4.79 Å². The number of halogens is 1. The van der Waals surface area contributed by atoms with Crippen LogP contribution in [0.15, 0.2) is 0 Å². The van der Waals surface area contributed by atoms with E-state index in [2.05, 4.69) is 5.32 Å². The minimum absolute atomic E-state index is 0.0612. The summed E-state index contributed by atoms with van der Waals surface area (Å²) in [6.45, 7) is 2.38. The number of rotatable bonds is 14. The highest BCUT2D eigenvalue weighted by molar-refractivity contribution is 6.17. The predicted molar refractivity (Wildman–Crippen MR) is 151 cm³/mol. The van der Waals surface area contributed by atoms with E-state index in [0.717, 1.165) is 6.92 Å². The summed E-state index contributed by atoms with van der Waals surface area (Å²) in [6.07, 6.45) is -21.6. The minimum atomic E-state index is -2.78. The van der Waals surface area contributed by atoms with Crippen molar-refractivity contribution in [2.75, 3.05) is 25.7 Å². The summed E-state index contributed by atoms with van der Waals surface area (Å²) in [5, 5.41) is 97.5. The van der Waals surface area contributed by atoms with Crippen molar-refractivity contribution in [1.82, 2.24) is 5.32 Å². The van der Waals surface area contributed by atoms with Gasteiger partial charge in [-0.15, -0.1) is 11.6 Å². The quantitative estimate of drug-likeness (QED) is 0.0609. The molecule has 0 aromatic heterocycles. The predicted octanol–water partition coefficient (Wildman–Crippen LogP) is -4.27. The van der Waals surface area contributed by atoms with Gasteiger partial charge in [0, 0.05) is 25.1 Å². The highest BCUT2D eigenvalue weighted by Crippen LogP contribution is 2.40. The molecule has 0 spiro atoms. The lowest BCUT2D eigenvalue weighted by Crippen LogP contribution is -2.69. The first-order valence-corrected chi connectivity index (χ1v) is 15.5. The van der Waals surface area contributed by atoms with Crippen molar-refractivity contribution in [3.05, 3.63) is 0 Å². The van der Waals surface area contributed by atoms with Gasteiger partial charge in [-0.05, 0) is 13.3 Å². The molecule has 1 amide bonds. The molecule has 3 fully saturated rings. The van der Waals surface area contributed by atoms with Crippen molar-refractivity contribution < 1.29 is 84.0 Å². The lowest BCUT2D eigenvalue weighted by molar-refractivity contribution is -0.386. The Morgan fingerprint density at radius 1 is 0.978 bits per heavy atom. The third-order valence-electron chi connectivity index (χ3n) is 8.32. The van der Waals surface area contributed by atoms with E-state index in [1.165, 1.54) is 13.8 Å². The van der Waals surface area contributed by atoms with Crippen molar-refractivity contribution in [2.45, 2.75) is 125 Å². The van der Waals surface area contributed by atoms with Crippen LogP contribution >= 0.6 is 11.6 Å². The van der Waals surface area contributed by atoms with Crippen LogP contribution in [0.25, 0.3) is 0 Å². The summed E-state index contributed by atoms with van der Waals surface area (Å²) in [6, 6.07) is -1.21. The number of alkyl halides is 1. The van der Waals surface area contributed by atoms with Crippen LogP contribution in [0.2, 0.25) is 0 Å². The fourth-order valence-corrected chi connectivity index (χ4v) is 5.83. The van der Waals surface area contributed by atoms with E-state index in [1.54, 1.807) is 0 Å². The molecule has 0 radical (unpaired) electrons. The summed E-state index contributed by atoms with van der Waals surface area (Å²) < 4.78 is 33.7. The standard InChI is InChI=1S/C27H46ClNO17/c1-10-13(34)7-27(26(39)40,45-21(10)16(11(2)32)29-12(3)33)46-23-17(35)14(8-30)42-25(20(23)38)44-22-15(9-31)43-24(19(37)18(22)36)41-6-4-5-28/h10-11,13-25,30-32,34-38H,4-9H2,1-3H3,(H,29,33)(H,39,40)/t10-,11-,13-,14?,15?,16-,17+,18-,19?,20?,21?,22-,23+,24-,25+,27+/m1/s1. The molecule has 16 atom stereocenters. The zero-order valence-corrected chi connectivity index (χ0v) is 26.3. The Morgan fingerprint density at radius 2 is 1.61 bits per heavy atom. The second-order valence-electron chi connectivity index (χ2n) is 11.7. The molecule has 268 valence electrons. The number of hydrogen-bond acceptors (Lipinski definition) is 16. The van der Waals surface area contributed by atoms with Gasteiger partial charge < -0.3 is 79.7 Å². The number of aliphatic hydroxyl groups is 8. The molecule has 0 bridgehead atoms. The second-order valence-corrected chi connectivity index (χ2v) is 12.1. The zero-order chi connectivity index (χ0) is 34.5. The summed E-state index contributed by atoms with van der Waals surface area (Å²) >= 11 is 5.63. The number of hydrogen-bond donors (Lipinski definition) is 10. The van der Waals surface area contributed by atoms with Crippen LogP contribution in [0.4, 0.5) is 0 Å². The van der Waals surface area contributed by atoms with Crippen molar-refractivity contribution >= 4 is 23.5 Å². The molecule has 3 saturated heterocycles. The Hall–Kier alpha value is -1.33. The van der Waals surface area contributed by atoms with Gasteiger partial charge in [0.25, 0.3) is 5.79 Å². The van der Waals surface area contributed by atoms with Crippen molar-refractivity contribution in [1.29, 1.82) is 0 Å². The summed E-state index contributed by atoms with van der Waals surface area (Å²) in [5.74, 6) is -5.74. The number of amides is 1. The van der Waals surface area contributed by atoms with Crippen LogP contribution < -0.4 is 5.32 Å². The van der Waals surface area contributed by atoms with E-state index >= 15 is 0 Å². The molecule has 46 heavy (non-hydrogen) atoms. The smallest absolute Gasteiger partial charge is 0.364 e. The molecule has 0 aromatic carbocycles. The van der Waals surface area contributed by atoms with Gasteiger partial charge in [-0.3, -0.25) is 4.79 Å². The van der Waals surface area contributed by atoms with Crippen molar-refractivity contribution in [3.63, 3.8) is 0 Å². The largest absolute Gasteiger partial charge is 0.477 e. The van der Waals surface area contributed by atoms with Crippen LogP contribution in [0, 0.1) is 5.92 Å². The van der Waals surface area contributed by atoms with Crippen LogP contribution in [0.3, 0.4) is 0 Å². The second kappa shape index (κ2) is 16.9. The number of ether oxygens (including phenoxy) is 6. The number of nitrogens with one attached hydrogen (secondary N) is 1. The maximum atomic E-state index is 12.7. The summed E-state index contributed by atoms with van der Waals surface area (Å²) in [5.41, 5.74) is 0. The van der Waals surface area contributed by atoms with E-state index in [-0.39, 0.29) is 12.5 Å². The number of carboxylic acid groups (broad SMARTS) is 1. The first-order chi connectivity index (χ1) is 21.6. The Labute approximate surface area is 269 Å². The molecule has 19 heteroatoms. The average molecular weight is 692 g/mol. The summed E-state index contributed by atoms with van der Waals surface area (Å²) in [7, 11) is 0. The lowest BCUT2D eigenvalue weighted by Gasteiger charge is -2.50. The van der Waals surface area contributed by atoms with E-state index in [0.29, 0.717) is 6.42 Å². The van der Waals surface area contributed by atoms with Crippen LogP contribution in [-0.4, -0.2) is 175 Å². The van der Waals surface area contributed by atoms with Gasteiger partial charge >= 0.3 is 5.97 Å². The Kier molecular flexibility index (Phi) is 14.3. The molecule has 0 saturated carbocycles. The van der Waals surface area contributed by atoms with Gasteiger partial charge in [-0.2, -0.15) is 0 Å². The molecular weight excluding hydrogens is 646 g/mol. The fourth-order valence-electron chi connectivity index (χ4n) is 5.72. The average Bonchev–Trinajstić information content (AvgIpc) is 3.00. The Balaban J connectivity index is 1.89. The molecular formula is C27H46ClNO17. The SMILES string of the molecule is CC(=O)N[C@@H](C1O[C@@](O[C@@H]2C(O)[C@H](O[C@@H]3C(CO)O[C@@H](OCCCCl)C(O)[C@H]3O)OC(CO)[C@@H]2O)(C(=O)O)C[C@@H](O)[C@H]1C)[C@@H](C)O. The molecule has 3 aliphatic rings. The Bertz CT molecular complexity index is 994. The van der Waals surface area contributed by atoms with E-state index in [9.17, 15) is 55.5 Å². The highest BCUT2D eigenvalue weighted by Gasteiger charge is 2.59. The molecule has 3 heterocycles. The van der Waals surface area contributed by atoms with Crippen LogP contribution in [0.1, 0.15) is 33.6 Å². The molecule has 10 N–H and O–H groups in total. The monoisotopic (exact) mass is 691 g/mol. The highest BCUT2D eigenvalue weighted by atomic mass is 35.5. The topological polar surface area (TPSA) is 284 Å². The van der Waals surface area contributed by atoms with Crippen LogP contribution in [-0.2, 0) is 38.0 Å². The maximum absolute atomic E-state index is 12.7. The number of aliphatic carboxylic acids is 1. The molecule has 0 aliphatic carbocycles. The van der Waals surface area contributed by atoms with Crippen molar-refractivity contribution in [2.24, 2.45) is 5.92 Å². The zero-order valence-electron chi connectivity index (χ0n) is 25.6.